The summed E-state index contributed by atoms with van der Waals surface area (Å²) < 4.78 is 0. The molecular weight excluding hydrogens is 280 g/mol. The highest BCUT2D eigenvalue weighted by atomic mass is 35.5. The molecule has 1 aromatic rings. The zero-order valence-electron chi connectivity index (χ0n) is 11.0. The Labute approximate surface area is 122 Å². The fraction of sp³-hybridized carbons (Fsp3) is 0.357. The molecule has 0 spiro atoms. The van der Waals surface area contributed by atoms with Crippen LogP contribution in [0.3, 0.4) is 0 Å². The Hall–Kier alpha value is -1.88. The molecule has 1 aromatic carbocycles. The maximum absolute atomic E-state index is 11.8. The third kappa shape index (κ3) is 6.33. The zero-order chi connectivity index (χ0) is 14.8. The van der Waals surface area contributed by atoms with Crippen LogP contribution in [-0.4, -0.2) is 31.2 Å². The van der Waals surface area contributed by atoms with Crippen LogP contribution in [0.1, 0.15) is 29.6 Å². The van der Waals surface area contributed by atoms with Crippen LogP contribution >= 0.6 is 11.6 Å². The van der Waals surface area contributed by atoms with Crippen LogP contribution in [0.15, 0.2) is 24.3 Å². The standard InChI is InChI=1S/C14H17ClN2O3/c15-12-4-2-11(3-5-12)13(19)6-7-14(20)17-9-1-8-16-10-18/h2-5,10H,1,6-9H2,(H,16,18)(H,17,20). The molecule has 0 atom stereocenters. The highest BCUT2D eigenvalue weighted by Gasteiger charge is 2.08. The summed E-state index contributed by atoms with van der Waals surface area (Å²) in [7, 11) is 0. The van der Waals surface area contributed by atoms with E-state index < -0.39 is 0 Å². The topological polar surface area (TPSA) is 75.3 Å². The lowest BCUT2D eigenvalue weighted by molar-refractivity contribution is -0.121. The summed E-state index contributed by atoms with van der Waals surface area (Å²) in [5.74, 6) is -0.252. The maximum atomic E-state index is 11.8. The SMILES string of the molecule is O=CNCCCNC(=O)CCC(=O)c1ccc(Cl)cc1. The van der Waals surface area contributed by atoms with E-state index in [2.05, 4.69) is 10.6 Å². The zero-order valence-corrected chi connectivity index (χ0v) is 11.8. The summed E-state index contributed by atoms with van der Waals surface area (Å²) in [6, 6.07) is 6.59. The Kier molecular flexibility index (Phi) is 7.35. The van der Waals surface area contributed by atoms with E-state index in [1.165, 1.54) is 0 Å². The van der Waals surface area contributed by atoms with Gasteiger partial charge in [0.1, 0.15) is 0 Å². The quantitative estimate of drug-likeness (QED) is 0.412. The summed E-state index contributed by atoms with van der Waals surface area (Å²) in [5.41, 5.74) is 0.553. The van der Waals surface area contributed by atoms with Gasteiger partial charge in [0, 0.05) is 36.5 Å². The molecule has 20 heavy (non-hydrogen) atoms. The third-order valence-corrected chi connectivity index (χ3v) is 2.90. The van der Waals surface area contributed by atoms with Gasteiger partial charge >= 0.3 is 0 Å². The summed E-state index contributed by atoms with van der Waals surface area (Å²) in [6.07, 6.45) is 1.60. The van der Waals surface area contributed by atoms with Crippen molar-refractivity contribution in [2.45, 2.75) is 19.3 Å². The second-order valence-electron chi connectivity index (χ2n) is 4.21. The minimum Gasteiger partial charge on any atom is -0.359 e. The van der Waals surface area contributed by atoms with E-state index in [4.69, 9.17) is 11.6 Å². The van der Waals surface area contributed by atoms with Gasteiger partial charge in [-0.25, -0.2) is 0 Å². The summed E-state index contributed by atoms with van der Waals surface area (Å²) in [5, 5.41) is 5.76. The van der Waals surface area contributed by atoms with Crippen molar-refractivity contribution in [2.24, 2.45) is 0 Å². The highest BCUT2D eigenvalue weighted by Crippen LogP contribution is 2.11. The van der Waals surface area contributed by atoms with Crippen LogP contribution < -0.4 is 10.6 Å². The minimum absolute atomic E-state index is 0.0839. The van der Waals surface area contributed by atoms with Crippen LogP contribution in [0, 0.1) is 0 Å². The molecule has 2 N–H and O–H groups in total. The molecule has 2 amide bonds. The second kappa shape index (κ2) is 9.09. The summed E-state index contributed by atoms with van der Waals surface area (Å²) in [6.45, 7) is 1.00. The molecule has 0 unspecified atom stereocenters. The molecule has 0 radical (unpaired) electrons. The lowest BCUT2D eigenvalue weighted by Gasteiger charge is -2.05. The molecule has 1 rings (SSSR count). The Morgan fingerprint density at radius 1 is 1.10 bits per heavy atom. The number of rotatable bonds is 9. The largest absolute Gasteiger partial charge is 0.359 e. The number of benzene rings is 1. The summed E-state index contributed by atoms with van der Waals surface area (Å²) >= 11 is 5.73. The summed E-state index contributed by atoms with van der Waals surface area (Å²) in [4.78, 5) is 33.3. The lowest BCUT2D eigenvalue weighted by atomic mass is 10.1. The van der Waals surface area contributed by atoms with Crippen molar-refractivity contribution in [3.63, 3.8) is 0 Å². The maximum Gasteiger partial charge on any atom is 0.220 e. The van der Waals surface area contributed by atoms with Gasteiger partial charge in [-0.15, -0.1) is 0 Å². The van der Waals surface area contributed by atoms with Gasteiger partial charge in [0.25, 0.3) is 0 Å². The van der Waals surface area contributed by atoms with Crippen molar-refractivity contribution in [3.8, 4) is 0 Å². The average molecular weight is 297 g/mol. The van der Waals surface area contributed by atoms with Gasteiger partial charge < -0.3 is 10.6 Å². The molecule has 0 heterocycles. The first-order valence-corrected chi connectivity index (χ1v) is 6.74. The Morgan fingerprint density at radius 2 is 1.80 bits per heavy atom. The molecule has 0 saturated carbocycles. The molecule has 0 aliphatic rings. The van der Waals surface area contributed by atoms with Crippen LogP contribution in [0.2, 0.25) is 5.02 Å². The number of Topliss-reactive ketones (excluding diaryl/α,β-unsaturated/α-hetero) is 1. The molecule has 6 heteroatoms. The van der Waals surface area contributed by atoms with Gasteiger partial charge in [-0.2, -0.15) is 0 Å². The third-order valence-electron chi connectivity index (χ3n) is 2.65. The lowest BCUT2D eigenvalue weighted by Crippen LogP contribution is -2.27. The molecule has 0 saturated heterocycles. The van der Waals surface area contributed by atoms with Gasteiger partial charge in [-0.05, 0) is 30.7 Å². The van der Waals surface area contributed by atoms with E-state index in [-0.39, 0.29) is 24.5 Å². The van der Waals surface area contributed by atoms with E-state index in [1.54, 1.807) is 24.3 Å². The number of carbonyl (C=O) groups excluding carboxylic acids is 3. The number of carbonyl (C=O) groups is 3. The number of halogens is 1. The first-order valence-electron chi connectivity index (χ1n) is 6.36. The van der Waals surface area contributed by atoms with Crippen LogP contribution in [0.4, 0.5) is 0 Å². The van der Waals surface area contributed by atoms with E-state index >= 15 is 0 Å². The minimum atomic E-state index is -0.168. The van der Waals surface area contributed by atoms with E-state index in [0.717, 1.165) is 0 Å². The van der Waals surface area contributed by atoms with Gasteiger partial charge in [-0.1, -0.05) is 11.6 Å². The van der Waals surface area contributed by atoms with Crippen molar-refractivity contribution in [3.05, 3.63) is 34.9 Å². The number of amides is 2. The monoisotopic (exact) mass is 296 g/mol. The van der Waals surface area contributed by atoms with Gasteiger partial charge in [-0.3, -0.25) is 14.4 Å². The van der Waals surface area contributed by atoms with E-state index in [9.17, 15) is 14.4 Å². The molecule has 0 aliphatic heterocycles. The van der Waals surface area contributed by atoms with Gasteiger partial charge in [0.05, 0.1) is 0 Å². The van der Waals surface area contributed by atoms with Crippen molar-refractivity contribution < 1.29 is 14.4 Å². The normalized spacial score (nSPS) is 9.85. The van der Waals surface area contributed by atoms with Crippen molar-refractivity contribution >= 4 is 29.7 Å². The number of hydrogen-bond acceptors (Lipinski definition) is 3. The number of hydrogen-bond donors (Lipinski definition) is 2. The van der Waals surface area contributed by atoms with Crippen LogP contribution in [-0.2, 0) is 9.59 Å². The molecule has 0 bridgehead atoms. The van der Waals surface area contributed by atoms with Crippen molar-refractivity contribution in [1.82, 2.24) is 10.6 Å². The number of nitrogens with one attached hydrogen (secondary N) is 2. The number of ketones is 1. The fourth-order valence-corrected chi connectivity index (χ4v) is 1.70. The Balaban J connectivity index is 2.21. The Morgan fingerprint density at radius 3 is 2.45 bits per heavy atom. The predicted molar refractivity (Wildman–Crippen MR) is 76.7 cm³/mol. The average Bonchev–Trinajstić information content (AvgIpc) is 2.45. The smallest absolute Gasteiger partial charge is 0.220 e. The Bertz CT molecular complexity index is 460. The van der Waals surface area contributed by atoms with Crippen molar-refractivity contribution in [2.75, 3.05) is 13.1 Å². The molecule has 0 fully saturated rings. The fourth-order valence-electron chi connectivity index (χ4n) is 1.57. The molecular formula is C14H17ClN2O3. The van der Waals surface area contributed by atoms with Crippen LogP contribution in [0.5, 0.6) is 0 Å². The first kappa shape index (κ1) is 16.2. The van der Waals surface area contributed by atoms with Crippen molar-refractivity contribution in [1.29, 1.82) is 0 Å². The molecule has 108 valence electrons. The first-order chi connectivity index (χ1) is 9.63. The van der Waals surface area contributed by atoms with Gasteiger partial charge in [0.15, 0.2) is 5.78 Å². The molecule has 0 aromatic heterocycles. The van der Waals surface area contributed by atoms with E-state index in [0.29, 0.717) is 36.5 Å². The predicted octanol–water partition coefficient (Wildman–Crippen LogP) is 1.56. The van der Waals surface area contributed by atoms with Gasteiger partial charge in [0.2, 0.25) is 12.3 Å². The van der Waals surface area contributed by atoms with Crippen LogP contribution in [0.25, 0.3) is 0 Å². The second-order valence-corrected chi connectivity index (χ2v) is 4.64. The highest BCUT2D eigenvalue weighted by molar-refractivity contribution is 6.30. The molecule has 0 aliphatic carbocycles. The molecule has 5 nitrogen and oxygen atoms in total. The van der Waals surface area contributed by atoms with E-state index in [1.807, 2.05) is 0 Å².